The number of amides is 1. The van der Waals surface area contributed by atoms with Gasteiger partial charge in [0.25, 0.3) is 0 Å². The summed E-state index contributed by atoms with van der Waals surface area (Å²) in [6.07, 6.45) is 7.13. The molecule has 1 heterocycles. The van der Waals surface area contributed by atoms with Gasteiger partial charge in [0, 0.05) is 24.2 Å². The molecule has 2 aliphatic rings. The van der Waals surface area contributed by atoms with Crippen LogP contribution in [0.15, 0.2) is 24.3 Å². The Bertz CT molecular complexity index is 540. The van der Waals surface area contributed by atoms with Crippen molar-refractivity contribution in [2.24, 2.45) is 11.1 Å². The topological polar surface area (TPSA) is 46.3 Å². The number of hydrogen-bond donors (Lipinski definition) is 1. The van der Waals surface area contributed by atoms with E-state index in [4.69, 9.17) is 17.3 Å². The van der Waals surface area contributed by atoms with Crippen LogP contribution in [0, 0.1) is 5.41 Å². The van der Waals surface area contributed by atoms with Gasteiger partial charge in [0.05, 0.1) is 5.41 Å². The van der Waals surface area contributed by atoms with Gasteiger partial charge in [-0.25, -0.2) is 0 Å². The van der Waals surface area contributed by atoms with E-state index in [0.717, 1.165) is 63.1 Å². The standard InChI is InChI=1S/C18H25ClN2O/c19-15-6-3-5-14(11-15)12-18(8-1-2-9-18)17(22)21-10-4-7-16(20)13-21/h3,5-6,11,16H,1-2,4,7-10,12-13,20H2. The largest absolute Gasteiger partial charge is 0.341 e. The lowest BCUT2D eigenvalue weighted by Gasteiger charge is -2.38. The molecule has 0 spiro atoms. The molecule has 2 N–H and O–H groups in total. The lowest BCUT2D eigenvalue weighted by molar-refractivity contribution is -0.143. The summed E-state index contributed by atoms with van der Waals surface area (Å²) >= 11 is 6.11. The summed E-state index contributed by atoms with van der Waals surface area (Å²) in [5.74, 6) is 0.320. The molecule has 3 nitrogen and oxygen atoms in total. The van der Waals surface area contributed by atoms with Gasteiger partial charge in [-0.3, -0.25) is 4.79 Å². The lowest BCUT2D eigenvalue weighted by Crippen LogP contribution is -2.51. The summed E-state index contributed by atoms with van der Waals surface area (Å²) in [5.41, 5.74) is 7.00. The predicted octanol–water partition coefficient (Wildman–Crippen LogP) is 3.39. The minimum atomic E-state index is -0.234. The minimum Gasteiger partial charge on any atom is -0.341 e. The Morgan fingerprint density at radius 1 is 1.32 bits per heavy atom. The Hall–Kier alpha value is -1.06. The van der Waals surface area contributed by atoms with Crippen LogP contribution in [0.25, 0.3) is 0 Å². The third kappa shape index (κ3) is 3.31. The number of benzene rings is 1. The molecule has 0 radical (unpaired) electrons. The molecule has 3 rings (SSSR count). The van der Waals surface area contributed by atoms with Crippen LogP contribution in [-0.2, 0) is 11.2 Å². The predicted molar refractivity (Wildman–Crippen MR) is 89.8 cm³/mol. The molecule has 4 heteroatoms. The highest BCUT2D eigenvalue weighted by Crippen LogP contribution is 2.43. The van der Waals surface area contributed by atoms with Crippen LogP contribution in [0.5, 0.6) is 0 Å². The Balaban J connectivity index is 1.80. The zero-order chi connectivity index (χ0) is 15.6. The third-order valence-electron chi connectivity index (χ3n) is 5.19. The molecule has 1 saturated heterocycles. The molecule has 1 unspecified atom stereocenters. The fourth-order valence-electron chi connectivity index (χ4n) is 4.09. The van der Waals surface area contributed by atoms with Gasteiger partial charge in [-0.1, -0.05) is 36.6 Å². The number of likely N-dealkylation sites (tertiary alicyclic amines) is 1. The average Bonchev–Trinajstić information content (AvgIpc) is 2.96. The molecule has 0 aromatic heterocycles. The summed E-state index contributed by atoms with van der Waals surface area (Å²) < 4.78 is 0. The van der Waals surface area contributed by atoms with Crippen molar-refractivity contribution in [1.29, 1.82) is 0 Å². The quantitative estimate of drug-likeness (QED) is 0.928. The van der Waals surface area contributed by atoms with Crippen molar-refractivity contribution >= 4 is 17.5 Å². The van der Waals surface area contributed by atoms with E-state index in [1.165, 1.54) is 5.56 Å². The maximum Gasteiger partial charge on any atom is 0.229 e. The van der Waals surface area contributed by atoms with Crippen LogP contribution < -0.4 is 5.73 Å². The third-order valence-corrected chi connectivity index (χ3v) is 5.43. The van der Waals surface area contributed by atoms with Gasteiger partial charge in [-0.2, -0.15) is 0 Å². The number of rotatable bonds is 3. The summed E-state index contributed by atoms with van der Waals surface area (Å²) in [5, 5.41) is 0.748. The number of nitrogens with zero attached hydrogens (tertiary/aromatic N) is 1. The Morgan fingerprint density at radius 3 is 2.77 bits per heavy atom. The molecular formula is C18H25ClN2O. The van der Waals surface area contributed by atoms with E-state index in [1.807, 2.05) is 23.1 Å². The number of hydrogen-bond acceptors (Lipinski definition) is 2. The molecule has 0 bridgehead atoms. The molecule has 1 atom stereocenters. The van der Waals surface area contributed by atoms with E-state index in [9.17, 15) is 4.79 Å². The van der Waals surface area contributed by atoms with E-state index < -0.39 is 0 Å². The molecule has 2 fully saturated rings. The first-order chi connectivity index (χ1) is 10.6. The highest BCUT2D eigenvalue weighted by Gasteiger charge is 2.44. The smallest absolute Gasteiger partial charge is 0.229 e. The summed E-state index contributed by atoms with van der Waals surface area (Å²) in [6.45, 7) is 1.58. The number of carbonyl (C=O) groups is 1. The van der Waals surface area contributed by atoms with E-state index in [0.29, 0.717) is 5.91 Å². The molecule has 1 saturated carbocycles. The van der Waals surface area contributed by atoms with Crippen LogP contribution in [0.2, 0.25) is 5.02 Å². The van der Waals surface area contributed by atoms with Gasteiger partial charge in [0.15, 0.2) is 0 Å². The second-order valence-corrected chi connectivity index (χ2v) is 7.38. The second kappa shape index (κ2) is 6.59. The van der Waals surface area contributed by atoms with E-state index in [1.54, 1.807) is 0 Å². The molecule has 1 aliphatic carbocycles. The van der Waals surface area contributed by atoms with Gasteiger partial charge in [0.1, 0.15) is 0 Å². The number of carbonyl (C=O) groups excluding carboxylic acids is 1. The van der Waals surface area contributed by atoms with Crippen LogP contribution >= 0.6 is 11.6 Å². The van der Waals surface area contributed by atoms with E-state index >= 15 is 0 Å². The maximum atomic E-state index is 13.2. The monoisotopic (exact) mass is 320 g/mol. The highest BCUT2D eigenvalue weighted by molar-refractivity contribution is 6.30. The maximum absolute atomic E-state index is 13.2. The lowest BCUT2D eigenvalue weighted by atomic mass is 9.78. The Kier molecular flexibility index (Phi) is 4.74. The number of piperidine rings is 1. The van der Waals surface area contributed by atoms with Gasteiger partial charge < -0.3 is 10.6 Å². The van der Waals surface area contributed by atoms with E-state index in [2.05, 4.69) is 6.07 Å². The van der Waals surface area contributed by atoms with Crippen molar-refractivity contribution in [3.8, 4) is 0 Å². The van der Waals surface area contributed by atoms with E-state index in [-0.39, 0.29) is 11.5 Å². The highest BCUT2D eigenvalue weighted by atomic mass is 35.5. The summed E-state index contributed by atoms with van der Waals surface area (Å²) in [6, 6.07) is 8.08. The van der Waals surface area contributed by atoms with Crippen molar-refractivity contribution in [2.75, 3.05) is 13.1 Å². The Morgan fingerprint density at radius 2 is 2.09 bits per heavy atom. The van der Waals surface area contributed by atoms with Crippen molar-refractivity contribution in [3.63, 3.8) is 0 Å². The van der Waals surface area contributed by atoms with Gasteiger partial charge in [-0.05, 0) is 49.8 Å². The van der Waals surface area contributed by atoms with Crippen molar-refractivity contribution in [1.82, 2.24) is 4.90 Å². The van der Waals surface area contributed by atoms with Gasteiger partial charge >= 0.3 is 0 Å². The fourth-order valence-corrected chi connectivity index (χ4v) is 4.30. The number of halogens is 1. The molecule has 1 amide bonds. The first-order valence-electron chi connectivity index (χ1n) is 8.38. The van der Waals surface area contributed by atoms with Crippen LogP contribution in [0.1, 0.15) is 44.1 Å². The first-order valence-corrected chi connectivity index (χ1v) is 8.76. The first kappa shape index (κ1) is 15.8. The molecule has 1 aliphatic heterocycles. The normalized spacial score (nSPS) is 24.5. The molecular weight excluding hydrogens is 296 g/mol. The van der Waals surface area contributed by atoms with Crippen molar-refractivity contribution in [2.45, 2.75) is 51.0 Å². The molecule has 22 heavy (non-hydrogen) atoms. The van der Waals surface area contributed by atoms with Gasteiger partial charge in [-0.15, -0.1) is 0 Å². The minimum absolute atomic E-state index is 0.141. The van der Waals surface area contributed by atoms with Crippen LogP contribution in [-0.4, -0.2) is 29.9 Å². The second-order valence-electron chi connectivity index (χ2n) is 6.95. The van der Waals surface area contributed by atoms with Crippen molar-refractivity contribution in [3.05, 3.63) is 34.9 Å². The number of nitrogens with two attached hydrogens (primary N) is 1. The van der Waals surface area contributed by atoms with Crippen LogP contribution in [0.4, 0.5) is 0 Å². The van der Waals surface area contributed by atoms with Crippen molar-refractivity contribution < 1.29 is 4.79 Å². The molecule has 1 aromatic carbocycles. The zero-order valence-corrected chi connectivity index (χ0v) is 13.8. The summed E-state index contributed by atoms with van der Waals surface area (Å²) in [4.78, 5) is 15.2. The molecule has 1 aromatic rings. The van der Waals surface area contributed by atoms with Crippen LogP contribution in [0.3, 0.4) is 0 Å². The summed E-state index contributed by atoms with van der Waals surface area (Å²) in [7, 11) is 0. The fraction of sp³-hybridized carbons (Fsp3) is 0.611. The molecule has 120 valence electrons. The zero-order valence-electron chi connectivity index (χ0n) is 13.1. The Labute approximate surface area is 137 Å². The average molecular weight is 321 g/mol. The van der Waals surface area contributed by atoms with Gasteiger partial charge in [0.2, 0.25) is 5.91 Å². The SMILES string of the molecule is NC1CCCN(C(=O)C2(Cc3cccc(Cl)c3)CCCC2)C1.